The molecule has 1 aliphatic carbocycles. The minimum Gasteiger partial charge on any atom is -0.495 e. The Bertz CT molecular complexity index is 334. The Balaban J connectivity index is 2.47. The van der Waals surface area contributed by atoms with Crippen LogP contribution in [0.4, 0.5) is 5.69 Å². The van der Waals surface area contributed by atoms with Gasteiger partial charge in [0.15, 0.2) is 0 Å². The minimum absolute atomic E-state index is 0.602. The van der Waals surface area contributed by atoms with Crippen LogP contribution in [0.5, 0.6) is 5.75 Å². The van der Waals surface area contributed by atoms with Gasteiger partial charge >= 0.3 is 0 Å². The predicted octanol–water partition coefficient (Wildman–Crippen LogP) is 2.81. The van der Waals surface area contributed by atoms with Gasteiger partial charge in [-0.15, -0.1) is 0 Å². The maximum Gasteiger partial charge on any atom is 0.139 e. The number of halogens is 1. The van der Waals surface area contributed by atoms with E-state index in [4.69, 9.17) is 22.1 Å². The van der Waals surface area contributed by atoms with Gasteiger partial charge in [0.05, 0.1) is 12.1 Å². The quantitative estimate of drug-likeness (QED) is 0.740. The van der Waals surface area contributed by atoms with Crippen LogP contribution in [0.15, 0.2) is 12.1 Å². The molecule has 0 heterocycles. The summed E-state index contributed by atoms with van der Waals surface area (Å²) < 4.78 is 5.13. The summed E-state index contributed by atoms with van der Waals surface area (Å²) in [4.78, 5) is 0. The van der Waals surface area contributed by atoms with E-state index in [1.165, 1.54) is 12.8 Å². The summed E-state index contributed by atoms with van der Waals surface area (Å²) >= 11 is 6.14. The second kappa shape index (κ2) is 3.11. The predicted molar refractivity (Wildman–Crippen MR) is 54.4 cm³/mol. The van der Waals surface area contributed by atoms with Gasteiger partial charge in [-0.3, -0.25) is 0 Å². The van der Waals surface area contributed by atoms with E-state index < -0.39 is 0 Å². The third-order valence-corrected chi connectivity index (χ3v) is 2.73. The van der Waals surface area contributed by atoms with E-state index in [0.717, 1.165) is 16.3 Å². The highest BCUT2D eigenvalue weighted by molar-refractivity contribution is 6.33. The van der Waals surface area contributed by atoms with Crippen LogP contribution in [0.25, 0.3) is 0 Å². The molecule has 1 saturated carbocycles. The Morgan fingerprint density at radius 3 is 2.69 bits per heavy atom. The zero-order valence-corrected chi connectivity index (χ0v) is 8.27. The average molecular weight is 198 g/mol. The molecule has 0 radical (unpaired) electrons. The third-order valence-electron chi connectivity index (χ3n) is 2.33. The van der Waals surface area contributed by atoms with Gasteiger partial charge in [-0.05, 0) is 30.4 Å². The number of benzene rings is 1. The van der Waals surface area contributed by atoms with Crippen molar-refractivity contribution in [3.63, 3.8) is 0 Å². The Kier molecular flexibility index (Phi) is 2.08. The lowest BCUT2D eigenvalue weighted by molar-refractivity contribution is 0.415. The van der Waals surface area contributed by atoms with Crippen LogP contribution in [0.2, 0.25) is 5.02 Å². The monoisotopic (exact) mass is 197 g/mol. The summed E-state index contributed by atoms with van der Waals surface area (Å²) in [6.45, 7) is 0. The molecule has 70 valence electrons. The molecule has 0 aliphatic heterocycles. The molecule has 0 bridgehead atoms. The average Bonchev–Trinajstić information content (AvgIpc) is 2.91. The smallest absolute Gasteiger partial charge is 0.139 e. The fourth-order valence-electron chi connectivity index (χ4n) is 1.48. The number of nitrogens with two attached hydrogens (primary N) is 1. The number of methoxy groups -OCH3 is 1. The van der Waals surface area contributed by atoms with Crippen molar-refractivity contribution in [1.29, 1.82) is 0 Å². The molecule has 13 heavy (non-hydrogen) atoms. The molecule has 2 rings (SSSR count). The van der Waals surface area contributed by atoms with Gasteiger partial charge in [0, 0.05) is 11.8 Å². The van der Waals surface area contributed by atoms with Crippen LogP contribution in [0.3, 0.4) is 0 Å². The lowest BCUT2D eigenvalue weighted by Crippen LogP contribution is -1.93. The summed E-state index contributed by atoms with van der Waals surface area (Å²) in [5.74, 6) is 1.29. The molecule has 0 atom stereocenters. The Morgan fingerprint density at radius 2 is 2.15 bits per heavy atom. The molecular formula is C10H12ClNO. The number of rotatable bonds is 2. The zero-order valence-electron chi connectivity index (χ0n) is 7.51. The molecule has 1 fully saturated rings. The van der Waals surface area contributed by atoms with Gasteiger partial charge in [-0.1, -0.05) is 11.6 Å². The summed E-state index contributed by atoms with van der Waals surface area (Å²) in [7, 11) is 1.61. The molecule has 0 saturated heterocycles. The number of hydrogen-bond acceptors (Lipinski definition) is 2. The first-order valence-corrected chi connectivity index (χ1v) is 4.73. The molecule has 0 amide bonds. The lowest BCUT2D eigenvalue weighted by atomic mass is 10.1. The van der Waals surface area contributed by atoms with E-state index in [9.17, 15) is 0 Å². The van der Waals surface area contributed by atoms with Crippen molar-refractivity contribution in [3.05, 3.63) is 22.7 Å². The van der Waals surface area contributed by atoms with Crippen LogP contribution in [-0.4, -0.2) is 7.11 Å². The van der Waals surface area contributed by atoms with Crippen LogP contribution >= 0.6 is 11.6 Å². The first kappa shape index (κ1) is 8.70. The van der Waals surface area contributed by atoms with E-state index in [-0.39, 0.29) is 0 Å². The maximum absolute atomic E-state index is 6.14. The van der Waals surface area contributed by atoms with Crippen LogP contribution in [0, 0.1) is 0 Å². The van der Waals surface area contributed by atoms with Crippen LogP contribution < -0.4 is 10.5 Å². The van der Waals surface area contributed by atoms with E-state index in [0.29, 0.717) is 11.7 Å². The number of nitrogen functional groups attached to an aromatic ring is 1. The Hall–Kier alpha value is -0.890. The highest BCUT2D eigenvalue weighted by Crippen LogP contribution is 2.46. The number of hydrogen-bond donors (Lipinski definition) is 1. The Morgan fingerprint density at radius 1 is 1.46 bits per heavy atom. The highest BCUT2D eigenvalue weighted by Gasteiger charge is 2.27. The largest absolute Gasteiger partial charge is 0.495 e. The van der Waals surface area contributed by atoms with Crippen molar-refractivity contribution >= 4 is 17.3 Å². The van der Waals surface area contributed by atoms with Gasteiger partial charge in [0.25, 0.3) is 0 Å². The third kappa shape index (κ3) is 1.59. The summed E-state index contributed by atoms with van der Waals surface area (Å²) in [5.41, 5.74) is 7.59. The molecule has 0 aromatic heterocycles. The number of ether oxygens (including phenoxy) is 1. The van der Waals surface area contributed by atoms with Crippen molar-refractivity contribution in [3.8, 4) is 5.75 Å². The second-order valence-electron chi connectivity index (χ2n) is 3.40. The molecule has 2 N–H and O–H groups in total. The highest BCUT2D eigenvalue weighted by atomic mass is 35.5. The molecule has 0 spiro atoms. The van der Waals surface area contributed by atoms with E-state index in [2.05, 4.69) is 0 Å². The van der Waals surface area contributed by atoms with Gasteiger partial charge in [-0.25, -0.2) is 0 Å². The van der Waals surface area contributed by atoms with Gasteiger partial charge in [0.2, 0.25) is 0 Å². The first-order valence-electron chi connectivity index (χ1n) is 4.35. The number of anilines is 1. The van der Waals surface area contributed by atoms with Crippen molar-refractivity contribution < 1.29 is 4.74 Å². The standard InChI is InChI=1S/C10H12ClNO/c1-13-9-5-7(12)4-8(10(9)11)6-2-3-6/h4-6H,2-3,12H2,1H3. The minimum atomic E-state index is 0.602. The van der Waals surface area contributed by atoms with Crippen LogP contribution in [-0.2, 0) is 0 Å². The fraction of sp³-hybridized carbons (Fsp3) is 0.400. The molecular weight excluding hydrogens is 186 g/mol. The second-order valence-corrected chi connectivity index (χ2v) is 3.78. The summed E-state index contributed by atoms with van der Waals surface area (Å²) in [5, 5.41) is 0.721. The molecule has 0 unspecified atom stereocenters. The molecule has 3 heteroatoms. The van der Waals surface area contributed by atoms with Crippen molar-refractivity contribution in [2.24, 2.45) is 0 Å². The molecule has 1 aliphatic rings. The molecule has 2 nitrogen and oxygen atoms in total. The lowest BCUT2D eigenvalue weighted by Gasteiger charge is -2.09. The van der Waals surface area contributed by atoms with Gasteiger partial charge < -0.3 is 10.5 Å². The van der Waals surface area contributed by atoms with Crippen molar-refractivity contribution in [2.45, 2.75) is 18.8 Å². The van der Waals surface area contributed by atoms with Crippen molar-refractivity contribution in [2.75, 3.05) is 12.8 Å². The van der Waals surface area contributed by atoms with Crippen LogP contribution in [0.1, 0.15) is 24.3 Å². The van der Waals surface area contributed by atoms with E-state index in [1.54, 1.807) is 13.2 Å². The van der Waals surface area contributed by atoms with E-state index >= 15 is 0 Å². The van der Waals surface area contributed by atoms with Crippen molar-refractivity contribution in [1.82, 2.24) is 0 Å². The van der Waals surface area contributed by atoms with E-state index in [1.807, 2.05) is 6.07 Å². The molecule has 1 aromatic rings. The summed E-state index contributed by atoms with van der Waals surface area (Å²) in [6, 6.07) is 3.71. The SMILES string of the molecule is COc1cc(N)cc(C2CC2)c1Cl. The zero-order chi connectivity index (χ0) is 9.42. The fourth-order valence-corrected chi connectivity index (χ4v) is 1.82. The Labute approximate surface area is 82.6 Å². The molecule has 1 aromatic carbocycles. The van der Waals surface area contributed by atoms with Gasteiger partial charge in [-0.2, -0.15) is 0 Å². The maximum atomic E-state index is 6.14. The first-order chi connectivity index (χ1) is 6.22. The normalized spacial score (nSPS) is 15.8. The van der Waals surface area contributed by atoms with Gasteiger partial charge in [0.1, 0.15) is 5.75 Å². The topological polar surface area (TPSA) is 35.2 Å². The summed E-state index contributed by atoms with van der Waals surface area (Å²) in [6.07, 6.45) is 2.43.